The summed E-state index contributed by atoms with van der Waals surface area (Å²) in [4.78, 5) is 15.1. The van der Waals surface area contributed by atoms with Gasteiger partial charge >= 0.3 is 0 Å². The number of hydrogen-bond donors (Lipinski definition) is 2. The lowest BCUT2D eigenvalue weighted by molar-refractivity contribution is -0.140. The van der Waals surface area contributed by atoms with Crippen molar-refractivity contribution >= 4 is 5.78 Å². The van der Waals surface area contributed by atoms with Crippen LogP contribution >= 0.6 is 0 Å². The number of morpholine rings is 1. The van der Waals surface area contributed by atoms with Gasteiger partial charge in [0.1, 0.15) is 6.61 Å². The Hall–Kier alpha value is -1.35. The lowest BCUT2D eigenvalue weighted by Crippen LogP contribution is -2.54. The maximum atomic E-state index is 13.0. The van der Waals surface area contributed by atoms with Crippen molar-refractivity contribution in [3.05, 3.63) is 35.9 Å². The summed E-state index contributed by atoms with van der Waals surface area (Å²) in [6.45, 7) is 6.61. The lowest BCUT2D eigenvalue weighted by Gasteiger charge is -2.37. The number of carbonyl (C=O) groups excluding carboxylic acids is 1. The molecule has 7 nitrogen and oxygen atoms in total. The molecule has 0 spiro atoms. The van der Waals surface area contributed by atoms with E-state index in [0.717, 1.165) is 6.42 Å². The van der Waals surface area contributed by atoms with Gasteiger partial charge in [-0.1, -0.05) is 56.5 Å². The van der Waals surface area contributed by atoms with Gasteiger partial charge in [-0.15, -0.1) is 0 Å². The molecule has 0 unspecified atom stereocenters. The van der Waals surface area contributed by atoms with Crippen LogP contribution in [-0.4, -0.2) is 75.1 Å². The van der Waals surface area contributed by atoms with Crippen LogP contribution in [0.1, 0.15) is 38.2 Å². The van der Waals surface area contributed by atoms with E-state index in [2.05, 4.69) is 11.8 Å². The Bertz CT molecular complexity index is 591. The van der Waals surface area contributed by atoms with Gasteiger partial charge in [-0.25, -0.2) is 0 Å². The summed E-state index contributed by atoms with van der Waals surface area (Å²) in [7, 11) is 0. The van der Waals surface area contributed by atoms with Crippen molar-refractivity contribution in [3.8, 4) is 0 Å². The van der Waals surface area contributed by atoms with Gasteiger partial charge in [0.2, 0.25) is 0 Å². The zero-order valence-corrected chi connectivity index (χ0v) is 18.3. The van der Waals surface area contributed by atoms with E-state index >= 15 is 0 Å². The third kappa shape index (κ3) is 8.41. The Morgan fingerprint density at radius 1 is 1.13 bits per heavy atom. The Kier molecular flexibility index (Phi) is 11.5. The fourth-order valence-electron chi connectivity index (χ4n) is 3.56. The summed E-state index contributed by atoms with van der Waals surface area (Å²) in [5.41, 5.74) is 5.06. The highest BCUT2D eigenvalue weighted by atomic mass is 16.5. The van der Waals surface area contributed by atoms with E-state index in [9.17, 15) is 9.90 Å². The van der Waals surface area contributed by atoms with E-state index in [1.807, 2.05) is 6.07 Å². The molecule has 1 aromatic rings. The van der Waals surface area contributed by atoms with Gasteiger partial charge in [0, 0.05) is 26.2 Å². The predicted molar refractivity (Wildman–Crippen MR) is 116 cm³/mol. The van der Waals surface area contributed by atoms with Crippen molar-refractivity contribution in [3.63, 3.8) is 0 Å². The number of aliphatic hydroxyl groups is 1. The normalized spacial score (nSPS) is 18.1. The second kappa shape index (κ2) is 13.9. The van der Waals surface area contributed by atoms with E-state index in [1.165, 1.54) is 19.3 Å². The highest BCUT2D eigenvalue weighted by Gasteiger charge is 2.40. The third-order valence-corrected chi connectivity index (χ3v) is 5.46. The average molecular weight is 423 g/mol. The van der Waals surface area contributed by atoms with Gasteiger partial charge < -0.3 is 19.3 Å². The molecule has 30 heavy (non-hydrogen) atoms. The standard InChI is InChI=1S/C23H38N2O5/c1-2-3-4-8-13-28-16-17-30-19-22(26)21(18-25-11-14-29-15-12-25)23(24,27)20-9-6-5-7-10-20/h5-7,9-10,21,27H,2-4,8,11-19,24H2,1H3/t21-,23-/m1/s1. The molecule has 1 heterocycles. The van der Waals surface area contributed by atoms with E-state index < -0.39 is 11.6 Å². The first-order valence-corrected chi connectivity index (χ1v) is 11.1. The summed E-state index contributed by atoms with van der Waals surface area (Å²) < 4.78 is 16.5. The molecule has 170 valence electrons. The molecule has 0 aliphatic carbocycles. The van der Waals surface area contributed by atoms with Crippen molar-refractivity contribution in [2.75, 3.05) is 59.3 Å². The number of benzene rings is 1. The van der Waals surface area contributed by atoms with Crippen molar-refractivity contribution in [2.45, 2.75) is 38.3 Å². The van der Waals surface area contributed by atoms with Crippen molar-refractivity contribution in [2.24, 2.45) is 11.7 Å². The summed E-state index contributed by atoms with van der Waals surface area (Å²) in [5, 5.41) is 11.1. The molecule has 2 rings (SSSR count). The van der Waals surface area contributed by atoms with E-state index in [0.29, 0.717) is 58.2 Å². The molecule has 0 amide bonds. The number of hydrogen-bond acceptors (Lipinski definition) is 7. The number of ketones is 1. The van der Waals surface area contributed by atoms with E-state index in [1.54, 1.807) is 24.3 Å². The number of unbranched alkanes of at least 4 members (excludes halogenated alkanes) is 3. The average Bonchev–Trinajstić information content (AvgIpc) is 2.77. The van der Waals surface area contributed by atoms with Crippen LogP contribution < -0.4 is 5.73 Å². The Morgan fingerprint density at radius 2 is 1.83 bits per heavy atom. The van der Waals surface area contributed by atoms with Crippen LogP contribution in [0.5, 0.6) is 0 Å². The van der Waals surface area contributed by atoms with Crippen LogP contribution in [0.25, 0.3) is 0 Å². The number of carbonyl (C=O) groups is 1. The number of nitrogens with two attached hydrogens (primary N) is 1. The van der Waals surface area contributed by atoms with Gasteiger partial charge in [0.25, 0.3) is 0 Å². The molecule has 1 aliphatic heterocycles. The molecule has 1 aromatic carbocycles. The molecule has 0 radical (unpaired) electrons. The molecular formula is C23H38N2O5. The monoisotopic (exact) mass is 422 g/mol. The summed E-state index contributed by atoms with van der Waals surface area (Å²) in [6, 6.07) is 8.94. The van der Waals surface area contributed by atoms with Gasteiger partial charge in [0.15, 0.2) is 11.5 Å². The molecular weight excluding hydrogens is 384 g/mol. The zero-order valence-electron chi connectivity index (χ0n) is 18.3. The smallest absolute Gasteiger partial charge is 0.167 e. The van der Waals surface area contributed by atoms with Crippen LogP contribution in [0.4, 0.5) is 0 Å². The number of rotatable bonds is 15. The quantitative estimate of drug-likeness (QED) is 0.329. The second-order valence-electron chi connectivity index (χ2n) is 7.85. The van der Waals surface area contributed by atoms with E-state index in [-0.39, 0.29) is 12.4 Å². The maximum Gasteiger partial charge on any atom is 0.167 e. The molecule has 1 saturated heterocycles. The summed E-state index contributed by atoms with van der Waals surface area (Å²) >= 11 is 0. The van der Waals surface area contributed by atoms with Crippen LogP contribution in [0.15, 0.2) is 30.3 Å². The molecule has 1 fully saturated rings. The lowest BCUT2D eigenvalue weighted by atomic mass is 9.85. The topological polar surface area (TPSA) is 94.2 Å². The number of nitrogens with zero attached hydrogens (tertiary/aromatic N) is 1. The van der Waals surface area contributed by atoms with Crippen LogP contribution in [0.3, 0.4) is 0 Å². The molecule has 2 atom stereocenters. The Balaban J connectivity index is 1.86. The van der Waals surface area contributed by atoms with E-state index in [4.69, 9.17) is 19.9 Å². The van der Waals surface area contributed by atoms with Crippen molar-refractivity contribution < 1.29 is 24.1 Å². The highest BCUT2D eigenvalue weighted by molar-refractivity contribution is 5.83. The first kappa shape index (κ1) is 24.9. The molecule has 0 aromatic heterocycles. The van der Waals surface area contributed by atoms with Gasteiger partial charge in [0.05, 0.1) is 32.3 Å². The molecule has 7 heteroatoms. The minimum atomic E-state index is -1.77. The molecule has 1 aliphatic rings. The van der Waals surface area contributed by atoms with Crippen molar-refractivity contribution in [1.29, 1.82) is 0 Å². The van der Waals surface area contributed by atoms with Crippen LogP contribution in [0.2, 0.25) is 0 Å². The third-order valence-electron chi connectivity index (χ3n) is 5.46. The first-order chi connectivity index (χ1) is 14.6. The minimum Gasteiger partial charge on any atom is -0.379 e. The fourth-order valence-corrected chi connectivity index (χ4v) is 3.56. The van der Waals surface area contributed by atoms with Crippen LogP contribution in [-0.2, 0) is 24.7 Å². The SMILES string of the molecule is CCCCCCOCCOCC(=O)[C@@H](CN1CCOCC1)[C@](N)(O)c1ccccc1. The predicted octanol–water partition coefficient (Wildman–Crippen LogP) is 1.92. The maximum absolute atomic E-state index is 13.0. The van der Waals surface area contributed by atoms with Gasteiger partial charge in [-0.3, -0.25) is 15.4 Å². The zero-order chi connectivity index (χ0) is 21.7. The Morgan fingerprint density at radius 3 is 2.53 bits per heavy atom. The first-order valence-electron chi connectivity index (χ1n) is 11.1. The molecule has 3 N–H and O–H groups in total. The largest absolute Gasteiger partial charge is 0.379 e. The van der Waals surface area contributed by atoms with Crippen LogP contribution in [0, 0.1) is 5.92 Å². The minimum absolute atomic E-state index is 0.0967. The Labute approximate surface area is 180 Å². The fraction of sp³-hybridized carbons (Fsp3) is 0.696. The summed E-state index contributed by atoms with van der Waals surface area (Å²) in [5.74, 6) is -1.01. The second-order valence-corrected chi connectivity index (χ2v) is 7.85. The summed E-state index contributed by atoms with van der Waals surface area (Å²) in [6.07, 6.45) is 4.65. The molecule has 0 bridgehead atoms. The molecule has 0 saturated carbocycles. The highest BCUT2D eigenvalue weighted by Crippen LogP contribution is 2.26. The van der Waals surface area contributed by atoms with Crippen molar-refractivity contribution in [1.82, 2.24) is 4.90 Å². The number of Topliss-reactive ketones (excluding diaryl/α,β-unsaturated/α-hetero) is 1. The number of ether oxygens (including phenoxy) is 3. The van der Waals surface area contributed by atoms with Gasteiger partial charge in [-0.05, 0) is 12.0 Å². The van der Waals surface area contributed by atoms with Gasteiger partial charge in [-0.2, -0.15) is 0 Å².